The Morgan fingerprint density at radius 3 is 2.07 bits per heavy atom. The summed E-state index contributed by atoms with van der Waals surface area (Å²) in [6.07, 6.45) is 5.54. The van der Waals surface area contributed by atoms with E-state index in [1.165, 1.54) is 33.4 Å². The van der Waals surface area contributed by atoms with Gasteiger partial charge in [0, 0.05) is 11.9 Å². The third kappa shape index (κ3) is 4.91. The van der Waals surface area contributed by atoms with Crippen molar-refractivity contribution in [3.8, 4) is 5.75 Å². The van der Waals surface area contributed by atoms with Crippen LogP contribution in [0.25, 0.3) is 0 Å². The number of anilines is 1. The van der Waals surface area contributed by atoms with Crippen molar-refractivity contribution in [3.63, 3.8) is 0 Å². The van der Waals surface area contributed by atoms with Gasteiger partial charge in [-0.25, -0.2) is 0 Å². The lowest BCUT2D eigenvalue weighted by Gasteiger charge is -2.14. The molecule has 0 unspecified atom stereocenters. The minimum Gasteiger partial charge on any atom is -0.508 e. The van der Waals surface area contributed by atoms with E-state index in [2.05, 4.69) is 52.0 Å². The first kappa shape index (κ1) is 21.6. The lowest BCUT2D eigenvalue weighted by Crippen LogP contribution is -2.02. The molecule has 0 spiro atoms. The third-order valence-electron chi connectivity index (χ3n) is 5.61. The second kappa shape index (κ2) is 9.62. The summed E-state index contributed by atoms with van der Waals surface area (Å²) in [7, 11) is 0. The lowest BCUT2D eigenvalue weighted by atomic mass is 9.93. The van der Waals surface area contributed by atoms with Crippen LogP contribution < -0.4 is 5.73 Å². The molecule has 0 aromatic heterocycles. The number of rotatable bonds is 7. The molecule has 30 heavy (non-hydrogen) atoms. The average Bonchev–Trinajstić information content (AvgIpc) is 2.73. The Morgan fingerprint density at radius 1 is 0.867 bits per heavy atom. The van der Waals surface area contributed by atoms with E-state index in [-0.39, 0.29) is 5.75 Å². The molecule has 3 aromatic carbocycles. The van der Waals surface area contributed by atoms with E-state index in [1.54, 1.807) is 12.1 Å². The molecule has 156 valence electrons. The van der Waals surface area contributed by atoms with Crippen molar-refractivity contribution in [1.82, 2.24) is 0 Å². The van der Waals surface area contributed by atoms with E-state index < -0.39 is 0 Å². The summed E-state index contributed by atoms with van der Waals surface area (Å²) in [5, 5.41) is 9.66. The van der Waals surface area contributed by atoms with Crippen molar-refractivity contribution in [2.75, 3.05) is 5.73 Å². The summed E-state index contributed by atoms with van der Waals surface area (Å²) >= 11 is 0. The SMILES string of the molecule is CCc1cc(Cc2cc(C)c(/N=C/c3cccc(O)c3)c(CC)c2)cc(CC)c1N. The van der Waals surface area contributed by atoms with E-state index in [9.17, 15) is 5.11 Å². The molecule has 0 atom stereocenters. The highest BCUT2D eigenvalue weighted by Crippen LogP contribution is 2.29. The molecule has 0 fully saturated rings. The normalized spacial score (nSPS) is 11.3. The number of aryl methyl sites for hydroxylation is 4. The van der Waals surface area contributed by atoms with Crippen LogP contribution in [0.5, 0.6) is 5.75 Å². The minimum absolute atomic E-state index is 0.253. The second-order valence-electron chi connectivity index (χ2n) is 7.84. The fourth-order valence-corrected chi connectivity index (χ4v) is 4.01. The van der Waals surface area contributed by atoms with E-state index >= 15 is 0 Å². The number of nitrogens with two attached hydrogens (primary N) is 1. The van der Waals surface area contributed by atoms with Gasteiger partial charge in [-0.1, -0.05) is 57.2 Å². The predicted molar refractivity (Wildman–Crippen MR) is 128 cm³/mol. The van der Waals surface area contributed by atoms with Crippen molar-refractivity contribution in [3.05, 3.63) is 87.5 Å². The summed E-state index contributed by atoms with van der Waals surface area (Å²) < 4.78 is 0. The number of hydrogen-bond acceptors (Lipinski definition) is 3. The molecule has 0 aliphatic rings. The first-order chi connectivity index (χ1) is 14.4. The van der Waals surface area contributed by atoms with Crippen molar-refractivity contribution in [1.29, 1.82) is 0 Å². The van der Waals surface area contributed by atoms with Crippen molar-refractivity contribution in [2.45, 2.75) is 53.4 Å². The molecule has 3 N–H and O–H groups in total. The summed E-state index contributed by atoms with van der Waals surface area (Å²) in [6.45, 7) is 8.61. The van der Waals surface area contributed by atoms with Crippen LogP contribution in [0, 0.1) is 6.92 Å². The smallest absolute Gasteiger partial charge is 0.116 e. The van der Waals surface area contributed by atoms with Crippen molar-refractivity contribution < 1.29 is 5.11 Å². The van der Waals surface area contributed by atoms with Gasteiger partial charge in [0.2, 0.25) is 0 Å². The summed E-state index contributed by atoms with van der Waals surface area (Å²) in [5.41, 5.74) is 16.7. The minimum atomic E-state index is 0.253. The monoisotopic (exact) mass is 400 g/mol. The van der Waals surface area contributed by atoms with Gasteiger partial charge in [0.15, 0.2) is 0 Å². The summed E-state index contributed by atoms with van der Waals surface area (Å²) in [4.78, 5) is 4.75. The number of nitrogen functional groups attached to an aromatic ring is 1. The second-order valence-corrected chi connectivity index (χ2v) is 7.84. The summed E-state index contributed by atoms with van der Waals surface area (Å²) in [6, 6.07) is 16.2. The van der Waals surface area contributed by atoms with Gasteiger partial charge in [-0.05, 0) is 83.7 Å². The molecule has 3 heteroatoms. The zero-order chi connectivity index (χ0) is 21.7. The van der Waals surface area contributed by atoms with E-state index in [4.69, 9.17) is 10.7 Å². The molecular formula is C27H32N2O. The Bertz CT molecular complexity index is 1040. The molecule has 3 rings (SSSR count). The molecule has 0 saturated heterocycles. The van der Waals surface area contributed by atoms with Crippen LogP contribution in [0.3, 0.4) is 0 Å². The van der Waals surface area contributed by atoms with Crippen LogP contribution in [0.2, 0.25) is 0 Å². The maximum Gasteiger partial charge on any atom is 0.116 e. The highest BCUT2D eigenvalue weighted by Gasteiger charge is 2.10. The van der Waals surface area contributed by atoms with E-state index in [0.717, 1.165) is 42.6 Å². The maximum absolute atomic E-state index is 9.66. The molecule has 0 radical (unpaired) electrons. The zero-order valence-electron chi connectivity index (χ0n) is 18.5. The Kier molecular flexibility index (Phi) is 6.94. The fourth-order valence-electron chi connectivity index (χ4n) is 4.01. The van der Waals surface area contributed by atoms with Gasteiger partial charge in [0.25, 0.3) is 0 Å². The van der Waals surface area contributed by atoms with Gasteiger partial charge in [0.1, 0.15) is 5.75 Å². The number of nitrogens with zero attached hydrogens (tertiary/aromatic N) is 1. The molecule has 0 bridgehead atoms. The van der Waals surface area contributed by atoms with E-state index in [0.29, 0.717) is 0 Å². The van der Waals surface area contributed by atoms with Gasteiger partial charge in [-0.2, -0.15) is 0 Å². The third-order valence-corrected chi connectivity index (χ3v) is 5.61. The van der Waals surface area contributed by atoms with Crippen LogP contribution in [-0.4, -0.2) is 11.3 Å². The maximum atomic E-state index is 9.66. The Balaban J connectivity index is 1.92. The number of aromatic hydroxyl groups is 1. The molecule has 0 heterocycles. The molecule has 0 aliphatic carbocycles. The van der Waals surface area contributed by atoms with Crippen molar-refractivity contribution >= 4 is 17.6 Å². The van der Waals surface area contributed by atoms with Gasteiger partial charge in [0.05, 0.1) is 5.69 Å². The number of benzene rings is 3. The van der Waals surface area contributed by atoms with E-state index in [1.807, 2.05) is 18.3 Å². The Morgan fingerprint density at radius 2 is 1.47 bits per heavy atom. The molecule has 0 aliphatic heterocycles. The molecule has 0 saturated carbocycles. The van der Waals surface area contributed by atoms with Crippen LogP contribution in [0.4, 0.5) is 11.4 Å². The number of hydrogen-bond donors (Lipinski definition) is 2. The van der Waals surface area contributed by atoms with Gasteiger partial charge in [-0.15, -0.1) is 0 Å². The average molecular weight is 401 g/mol. The van der Waals surface area contributed by atoms with Crippen LogP contribution in [-0.2, 0) is 25.7 Å². The first-order valence-electron chi connectivity index (χ1n) is 10.8. The highest BCUT2D eigenvalue weighted by atomic mass is 16.3. The largest absolute Gasteiger partial charge is 0.508 e. The molecular weight excluding hydrogens is 368 g/mol. The Hall–Kier alpha value is -3.07. The standard InChI is InChI=1S/C27H32N2O/c1-5-22-13-21(14-23(6-2)26(22)28)12-20-11-18(4)27(24(7-3)15-20)29-17-19-9-8-10-25(30)16-19/h8-11,13-17,30H,5-7,12,28H2,1-4H3/b29-17+. The number of aliphatic imine (C=N–C) groups is 1. The highest BCUT2D eigenvalue weighted by molar-refractivity contribution is 5.83. The number of phenols is 1. The number of phenolic OH excluding ortho intramolecular Hbond substituents is 1. The van der Waals surface area contributed by atoms with Crippen molar-refractivity contribution in [2.24, 2.45) is 4.99 Å². The molecule has 3 nitrogen and oxygen atoms in total. The summed E-state index contributed by atoms with van der Waals surface area (Å²) in [5.74, 6) is 0.253. The topological polar surface area (TPSA) is 58.6 Å². The zero-order valence-corrected chi connectivity index (χ0v) is 18.5. The van der Waals surface area contributed by atoms with Crippen LogP contribution >= 0.6 is 0 Å². The van der Waals surface area contributed by atoms with Gasteiger partial charge < -0.3 is 10.8 Å². The van der Waals surface area contributed by atoms with Gasteiger partial charge >= 0.3 is 0 Å². The fraction of sp³-hybridized carbons (Fsp3) is 0.296. The predicted octanol–water partition coefficient (Wildman–Crippen LogP) is 6.31. The Labute approximate surface area is 180 Å². The lowest BCUT2D eigenvalue weighted by molar-refractivity contribution is 0.475. The van der Waals surface area contributed by atoms with Crippen LogP contribution in [0.1, 0.15) is 59.7 Å². The van der Waals surface area contributed by atoms with Gasteiger partial charge in [-0.3, -0.25) is 4.99 Å². The molecule has 0 amide bonds. The quantitative estimate of drug-likeness (QED) is 0.360. The first-order valence-corrected chi connectivity index (χ1v) is 10.8. The van der Waals surface area contributed by atoms with Crippen LogP contribution in [0.15, 0.2) is 53.5 Å². The molecule has 3 aromatic rings.